The lowest BCUT2D eigenvalue weighted by atomic mass is 10.4. The fourth-order valence-electron chi connectivity index (χ4n) is 12.2. The van der Waals surface area contributed by atoms with E-state index < -0.39 is 158 Å². The third-order valence-electron chi connectivity index (χ3n) is 13.8. The molecule has 30 heteroatoms. The highest BCUT2D eigenvalue weighted by atomic mass is 28.5. The Balaban J connectivity index is -0.000000112. The molecule has 0 heterocycles. The van der Waals surface area contributed by atoms with Crippen molar-refractivity contribution in [1.29, 1.82) is 0 Å². The largest absolute Gasteiger partial charge is 0.458 e. The van der Waals surface area contributed by atoms with E-state index >= 15 is 0 Å². The molecule has 0 bridgehead atoms. The van der Waals surface area contributed by atoms with Crippen LogP contribution in [0.2, 0.25) is 195 Å². The molecule has 0 saturated heterocycles. The van der Waals surface area contributed by atoms with E-state index in [4.69, 9.17) is 49.4 Å². The van der Waals surface area contributed by atoms with E-state index in [9.17, 15) is 0 Å². The summed E-state index contributed by atoms with van der Waals surface area (Å²) in [5, 5.41) is 7.29. The third-order valence-corrected chi connectivity index (χ3v) is 74.6. The first-order chi connectivity index (χ1) is 44.6. The molecule has 1 unspecified atom stereocenters. The van der Waals surface area contributed by atoms with E-state index in [1.165, 1.54) is 20.7 Å². The molecular formula is C80H184O12Si18. The van der Waals surface area contributed by atoms with Gasteiger partial charge in [-0.15, -0.1) is 0 Å². The van der Waals surface area contributed by atoms with Gasteiger partial charge in [0.25, 0.3) is 0 Å². The van der Waals surface area contributed by atoms with Crippen LogP contribution in [0.3, 0.4) is 0 Å². The van der Waals surface area contributed by atoms with Gasteiger partial charge in [0.2, 0.25) is 0 Å². The van der Waals surface area contributed by atoms with E-state index in [-0.39, 0.29) is 104 Å². The van der Waals surface area contributed by atoms with Crippen LogP contribution in [0, 0.1) is 0 Å². The molecule has 6 aromatic carbocycles. The second-order valence-corrected chi connectivity index (χ2v) is 85.9. The average Bonchev–Trinajstić information content (AvgIpc) is 0.790. The smallest absolute Gasteiger partial charge is 0.387 e. The van der Waals surface area contributed by atoms with Gasteiger partial charge in [-0.05, 0) is 214 Å². The van der Waals surface area contributed by atoms with Crippen LogP contribution in [0.1, 0.15) is 104 Å². The van der Waals surface area contributed by atoms with Crippen molar-refractivity contribution in [2.75, 3.05) is 0 Å². The van der Waals surface area contributed by atoms with E-state index in [1.54, 1.807) is 0 Å². The summed E-state index contributed by atoms with van der Waals surface area (Å²) in [6, 6.07) is 63.4. The summed E-state index contributed by atoms with van der Waals surface area (Å²) < 4.78 is 80.0. The molecule has 648 valence electrons. The van der Waals surface area contributed by atoms with Crippen LogP contribution in [0.15, 0.2) is 182 Å². The van der Waals surface area contributed by atoms with Crippen molar-refractivity contribution in [3.05, 3.63) is 182 Å². The first kappa shape index (κ1) is 135. The van der Waals surface area contributed by atoms with Crippen LogP contribution in [0.5, 0.6) is 0 Å². The number of hydrogen-bond acceptors (Lipinski definition) is 12. The fraction of sp³-hybridized carbons (Fsp3) is 0.550. The van der Waals surface area contributed by atoms with Gasteiger partial charge in [0.1, 0.15) is 0 Å². The Morgan fingerprint density at radius 3 is 0.591 bits per heavy atom. The van der Waals surface area contributed by atoms with Gasteiger partial charge in [-0.1, -0.05) is 286 Å². The minimum absolute atomic E-state index is 0. The predicted octanol–water partition coefficient (Wildman–Crippen LogP) is 21.0. The number of rotatable bonds is 34. The van der Waals surface area contributed by atoms with Crippen LogP contribution in [0.4, 0.5) is 0 Å². The van der Waals surface area contributed by atoms with Gasteiger partial charge in [0.05, 0.1) is 0 Å². The van der Waals surface area contributed by atoms with Gasteiger partial charge in [-0.3, -0.25) is 0 Å². The molecular weight excluding hydrogens is 1660 g/mol. The molecule has 0 spiro atoms. The summed E-state index contributed by atoms with van der Waals surface area (Å²) in [4.78, 5) is 0. The van der Waals surface area contributed by atoms with Crippen molar-refractivity contribution >= 4 is 190 Å². The zero-order chi connectivity index (χ0) is 72.4. The lowest BCUT2D eigenvalue weighted by molar-refractivity contribution is 0.342. The predicted molar refractivity (Wildman–Crippen MR) is 555 cm³/mol. The molecule has 0 saturated carbocycles. The van der Waals surface area contributed by atoms with Crippen LogP contribution in [-0.4, -0.2) is 158 Å². The molecule has 0 aliphatic carbocycles. The normalized spacial score (nSPS) is 11.8. The quantitative estimate of drug-likeness (QED) is 0.0359. The van der Waals surface area contributed by atoms with Crippen molar-refractivity contribution < 1.29 is 49.4 Å². The molecule has 0 N–H and O–H groups in total. The monoisotopic (exact) mass is 1840 g/mol. The Hall–Kier alpha value is -1.26. The molecule has 0 amide bonds. The topological polar surface area (TPSA) is 111 Å². The van der Waals surface area contributed by atoms with E-state index in [2.05, 4.69) is 341 Å². The highest BCUT2D eigenvalue weighted by Gasteiger charge is 2.53. The van der Waals surface area contributed by atoms with Crippen molar-refractivity contribution in [3.8, 4) is 0 Å². The van der Waals surface area contributed by atoms with Gasteiger partial charge in [-0.25, -0.2) is 0 Å². The SMILES string of the molecule is C.C.C.C.C.C.C.C.C.C.C.C.C.C.C[SiH](C)O[Si](C)(C)C[Si](O[SiH](C)C)(O[SiH](C)C)c1ccccc1.C[SiH](C)O[Si](C)(C)C[Si](O[SiH](C)C)(O[Si](C)(C)O[SiH](C)C)c1ccccc1.C[SiH](C)O[Si](C)(C)O[Si](O[SiH](C)C)(c1ccccc1)c1ccccc1.C[SiH](C)O[Si](O[SiH](C)C)(c1ccccc1)c1ccccc1. The Labute approximate surface area is 713 Å². The van der Waals surface area contributed by atoms with Crippen LogP contribution in [-0.2, 0) is 49.4 Å². The average molecular weight is 1840 g/mol. The molecule has 0 radical (unpaired) electrons. The molecule has 6 aromatic rings. The minimum Gasteiger partial charge on any atom is -0.458 e. The summed E-state index contributed by atoms with van der Waals surface area (Å²) in [5.41, 5.74) is 1.94. The maximum Gasteiger partial charge on any atom is 0.387 e. The number of benzene rings is 6. The maximum absolute atomic E-state index is 7.02. The zero-order valence-corrected chi connectivity index (χ0v) is 84.0. The molecule has 12 nitrogen and oxygen atoms in total. The molecule has 6 rings (SSSR count). The molecule has 0 aliphatic rings. The summed E-state index contributed by atoms with van der Waals surface area (Å²) in [5.74, 6) is 0. The lowest BCUT2D eigenvalue weighted by Crippen LogP contribution is -2.69. The first-order valence-corrected chi connectivity index (χ1v) is 82.5. The Bertz CT molecular complexity index is 2920. The van der Waals surface area contributed by atoms with Gasteiger partial charge in [-0.2, -0.15) is 0 Å². The molecule has 0 fully saturated rings. The Morgan fingerprint density at radius 1 is 0.191 bits per heavy atom. The Morgan fingerprint density at radius 2 is 0.364 bits per heavy atom. The number of hydrogen-bond donors (Lipinski definition) is 0. The molecule has 110 heavy (non-hydrogen) atoms. The van der Waals surface area contributed by atoms with Gasteiger partial charge >= 0.3 is 51.4 Å². The standard InChI is InChI=1S/C18H30O3Si4.C17H40O4Si6.C16H24O2Si3.C15H34O3Si5.14CH4/c1-22(2)19-24(5,6)21-25(20-23(3)4,17-13-9-7-10-14-17)18-15-11-8-12-16-18;1-22(2)18-25(7,8)16-27(20-24(5)6,17-14-12-11-13-15-17)21-26(9,10)19-23(3)4;1-19(2)17-21(18-20(3)4,15-11-7-5-8-12-15)16-13-9-6-10-14-16;1-19(2)16-22(7,8)14-23(17-20(3)4,18-21(5)6)15-12-10-9-11-13-15;;;;;;;;;;;;;;/h7-16,22-23H,1-6H3;11-15,22-24H,16H2,1-10H3;5-14,19-20H,1-4H3;9-13,19-21H,14H2,1-8H3;14*1H4. The molecule has 0 aromatic heterocycles. The third kappa shape index (κ3) is 48.6. The first-order valence-electron chi connectivity index (χ1n) is 35.1. The second-order valence-electron chi connectivity index (χ2n) is 29.5. The van der Waals surface area contributed by atoms with Gasteiger partial charge in [0, 0.05) is 11.3 Å². The van der Waals surface area contributed by atoms with Gasteiger partial charge < -0.3 is 49.4 Å². The molecule has 0 aliphatic heterocycles. The van der Waals surface area contributed by atoms with E-state index in [1.807, 2.05) is 24.3 Å². The maximum atomic E-state index is 7.02. The van der Waals surface area contributed by atoms with Crippen LogP contribution < -0.4 is 31.1 Å². The van der Waals surface area contributed by atoms with Gasteiger partial charge in [0.15, 0.2) is 107 Å². The van der Waals surface area contributed by atoms with Crippen molar-refractivity contribution in [3.63, 3.8) is 0 Å². The summed E-state index contributed by atoms with van der Waals surface area (Å²) in [6.07, 6.45) is 0. The van der Waals surface area contributed by atoms with Crippen LogP contribution >= 0.6 is 0 Å². The van der Waals surface area contributed by atoms with E-state index in [0.717, 1.165) is 21.7 Å². The Kier molecular flexibility index (Phi) is 78.2. The lowest BCUT2D eigenvalue weighted by Gasteiger charge is -2.43. The minimum atomic E-state index is -2.79. The second kappa shape index (κ2) is 63.8. The highest BCUT2D eigenvalue weighted by molar-refractivity contribution is 7.03. The summed E-state index contributed by atoms with van der Waals surface area (Å²) >= 11 is 0. The summed E-state index contributed by atoms with van der Waals surface area (Å²) in [6.45, 7) is 62.7. The zero-order valence-electron chi connectivity index (χ0n) is 64.4. The van der Waals surface area contributed by atoms with Crippen LogP contribution in [0.25, 0.3) is 0 Å². The van der Waals surface area contributed by atoms with Crippen molar-refractivity contribution in [2.24, 2.45) is 0 Å². The highest BCUT2D eigenvalue weighted by Crippen LogP contribution is 2.30. The van der Waals surface area contributed by atoms with E-state index in [0.29, 0.717) is 0 Å². The summed E-state index contributed by atoms with van der Waals surface area (Å²) in [7, 11) is -30.9. The fourth-order valence-corrected chi connectivity index (χ4v) is 86.3. The van der Waals surface area contributed by atoms with Crippen molar-refractivity contribution in [1.82, 2.24) is 0 Å². The van der Waals surface area contributed by atoms with Crippen molar-refractivity contribution in [2.45, 2.75) is 299 Å². The molecule has 1 atom stereocenters.